The molecule has 2 aromatic rings. The van der Waals surface area contributed by atoms with Crippen molar-refractivity contribution < 1.29 is 19.3 Å². The van der Waals surface area contributed by atoms with E-state index in [4.69, 9.17) is 14.5 Å². The number of aromatic nitrogens is 1. The van der Waals surface area contributed by atoms with E-state index >= 15 is 0 Å². The molecule has 2 heterocycles. The van der Waals surface area contributed by atoms with Crippen LogP contribution in [0.4, 0.5) is 5.13 Å². The Morgan fingerprint density at radius 3 is 2.82 bits per heavy atom. The van der Waals surface area contributed by atoms with Gasteiger partial charge in [-0.25, -0.2) is 4.98 Å². The fourth-order valence-corrected chi connectivity index (χ4v) is 1.86. The van der Waals surface area contributed by atoms with Gasteiger partial charge in [0.15, 0.2) is 10.9 Å². The van der Waals surface area contributed by atoms with E-state index in [1.807, 2.05) is 0 Å². The minimum Gasteiger partial charge on any atom is -0.456 e. The molecule has 88 valence electrons. The summed E-state index contributed by atoms with van der Waals surface area (Å²) >= 11 is 0.986. The van der Waals surface area contributed by atoms with Crippen LogP contribution in [0.15, 0.2) is 22.7 Å². The second-order valence-electron chi connectivity index (χ2n) is 3.31. The third-order valence-electron chi connectivity index (χ3n) is 1.96. The summed E-state index contributed by atoms with van der Waals surface area (Å²) in [5.41, 5.74) is 0. The molecule has 0 unspecified atom stereocenters. The van der Waals surface area contributed by atoms with Crippen LogP contribution in [-0.2, 0) is 0 Å². The van der Waals surface area contributed by atoms with Crippen LogP contribution in [-0.4, -0.2) is 28.1 Å². The number of aryl methyl sites for hydroxylation is 1. The Kier molecular flexibility index (Phi) is 3.27. The summed E-state index contributed by atoms with van der Waals surface area (Å²) in [5.74, 6) is 0.399. The van der Waals surface area contributed by atoms with Gasteiger partial charge in [-0.15, -0.1) is 11.3 Å². The third kappa shape index (κ3) is 2.73. The number of furan rings is 1. The fraction of sp³-hybridized carbons (Fsp3) is 0.111. The van der Waals surface area contributed by atoms with E-state index < -0.39 is 13.0 Å². The number of hydrogen-bond acceptors (Lipinski definition) is 6. The molecule has 6 nitrogen and oxygen atoms in total. The van der Waals surface area contributed by atoms with Crippen molar-refractivity contribution in [2.45, 2.75) is 6.92 Å². The van der Waals surface area contributed by atoms with Crippen molar-refractivity contribution in [3.63, 3.8) is 0 Å². The molecular weight excluding hydrogens is 243 g/mol. The summed E-state index contributed by atoms with van der Waals surface area (Å²) in [6, 6.07) is 3.24. The van der Waals surface area contributed by atoms with E-state index in [2.05, 4.69) is 10.3 Å². The molecule has 0 aliphatic rings. The quantitative estimate of drug-likeness (QED) is 0.667. The summed E-state index contributed by atoms with van der Waals surface area (Å²) in [4.78, 5) is 15.5. The highest BCUT2D eigenvalue weighted by molar-refractivity contribution is 7.25. The predicted octanol–water partition coefficient (Wildman–Crippen LogP) is -0.0234. The van der Waals surface area contributed by atoms with Crippen LogP contribution < -0.4 is 10.1 Å². The molecule has 2 aromatic heterocycles. The minimum absolute atomic E-state index is 0.184. The molecule has 0 aliphatic carbocycles. The summed E-state index contributed by atoms with van der Waals surface area (Å²) < 4.78 is 5.40. The number of carbonyl (C=O) groups is 1. The Balaban J connectivity index is 2.07. The van der Waals surface area contributed by atoms with Gasteiger partial charge in [-0.2, -0.15) is 0 Å². The summed E-state index contributed by atoms with van der Waals surface area (Å²) in [7, 11) is -1.58. The lowest BCUT2D eigenvalue weighted by Crippen LogP contribution is -2.26. The second-order valence-corrected chi connectivity index (χ2v) is 4.37. The Morgan fingerprint density at radius 2 is 2.29 bits per heavy atom. The normalized spacial score (nSPS) is 10.3. The van der Waals surface area contributed by atoms with Crippen LogP contribution in [0, 0.1) is 6.92 Å². The number of hydrogen-bond donors (Lipinski definition) is 3. The topological polar surface area (TPSA) is 95.6 Å². The molecule has 0 fully saturated rings. The van der Waals surface area contributed by atoms with Gasteiger partial charge >= 0.3 is 7.12 Å². The van der Waals surface area contributed by atoms with Gasteiger partial charge in [-0.1, -0.05) is 0 Å². The molecule has 8 heteroatoms. The summed E-state index contributed by atoms with van der Waals surface area (Å²) in [6.45, 7) is 1.74. The highest BCUT2D eigenvalue weighted by atomic mass is 32.1. The first-order valence-corrected chi connectivity index (χ1v) is 5.57. The van der Waals surface area contributed by atoms with Crippen molar-refractivity contribution in [2.24, 2.45) is 0 Å². The van der Waals surface area contributed by atoms with Gasteiger partial charge < -0.3 is 14.5 Å². The standard InChI is InChI=1S/C9H9BN2O4S/c1-5-2-3-6(16-5)8(13)12-9-11-4-7(17-9)10(14)15/h2-4,14-15H,1H3,(H,11,12,13). The van der Waals surface area contributed by atoms with Crippen LogP contribution in [0.5, 0.6) is 0 Å². The Bertz CT molecular complexity index is 537. The number of amides is 1. The van der Waals surface area contributed by atoms with Crippen molar-refractivity contribution in [3.8, 4) is 0 Å². The molecule has 0 bridgehead atoms. The largest absolute Gasteiger partial charge is 0.500 e. The van der Waals surface area contributed by atoms with Crippen molar-refractivity contribution in [2.75, 3.05) is 5.32 Å². The predicted molar refractivity (Wildman–Crippen MR) is 63.3 cm³/mol. The van der Waals surface area contributed by atoms with Gasteiger partial charge in [0.1, 0.15) is 5.76 Å². The molecule has 0 atom stereocenters. The molecule has 0 aromatic carbocycles. The summed E-state index contributed by atoms with van der Waals surface area (Å²) in [5, 5.41) is 20.6. The van der Waals surface area contributed by atoms with Gasteiger partial charge in [0.25, 0.3) is 5.91 Å². The van der Waals surface area contributed by atoms with Gasteiger partial charge in [0.05, 0.1) is 4.78 Å². The average Bonchev–Trinajstić information content (AvgIpc) is 2.86. The van der Waals surface area contributed by atoms with Gasteiger partial charge in [0, 0.05) is 6.20 Å². The molecular formula is C9H9BN2O4S. The SMILES string of the molecule is Cc1ccc(C(=O)Nc2ncc(B(O)O)s2)o1. The van der Waals surface area contributed by atoms with Gasteiger partial charge in [-0.05, 0) is 19.1 Å². The Hall–Kier alpha value is -1.64. The lowest BCUT2D eigenvalue weighted by molar-refractivity contribution is 0.0995. The number of nitrogens with zero attached hydrogens (tertiary/aromatic N) is 1. The molecule has 1 amide bonds. The molecule has 0 aliphatic heterocycles. The third-order valence-corrected chi connectivity index (χ3v) is 2.92. The van der Waals surface area contributed by atoms with Crippen molar-refractivity contribution in [1.29, 1.82) is 0 Å². The fourth-order valence-electron chi connectivity index (χ4n) is 1.18. The van der Waals surface area contributed by atoms with E-state index in [1.54, 1.807) is 19.1 Å². The zero-order valence-electron chi connectivity index (χ0n) is 8.88. The second kappa shape index (κ2) is 4.70. The van der Waals surface area contributed by atoms with Crippen molar-refractivity contribution >= 4 is 34.3 Å². The zero-order valence-corrected chi connectivity index (χ0v) is 9.69. The van der Waals surface area contributed by atoms with Crippen LogP contribution in [0.2, 0.25) is 0 Å². The number of thiazole rings is 1. The Morgan fingerprint density at radius 1 is 1.53 bits per heavy atom. The maximum absolute atomic E-state index is 11.6. The van der Waals surface area contributed by atoms with E-state index in [0.717, 1.165) is 11.3 Å². The number of rotatable bonds is 3. The molecule has 0 saturated carbocycles. The first-order chi connectivity index (χ1) is 8.06. The number of anilines is 1. The highest BCUT2D eigenvalue weighted by Crippen LogP contribution is 2.13. The molecule has 2 rings (SSSR count). The van der Waals surface area contributed by atoms with E-state index in [9.17, 15) is 4.79 Å². The molecule has 0 saturated heterocycles. The van der Waals surface area contributed by atoms with Crippen LogP contribution in [0.25, 0.3) is 0 Å². The smallest absolute Gasteiger partial charge is 0.456 e. The lowest BCUT2D eigenvalue weighted by Gasteiger charge is -1.97. The maximum atomic E-state index is 11.6. The van der Waals surface area contributed by atoms with E-state index in [0.29, 0.717) is 5.76 Å². The van der Waals surface area contributed by atoms with E-state index in [1.165, 1.54) is 6.20 Å². The number of carbonyl (C=O) groups excluding carboxylic acids is 1. The summed E-state index contributed by atoms with van der Waals surface area (Å²) in [6.07, 6.45) is 1.29. The first-order valence-electron chi connectivity index (χ1n) is 4.76. The molecule has 0 spiro atoms. The van der Waals surface area contributed by atoms with Crippen LogP contribution >= 0.6 is 11.3 Å². The average molecular weight is 252 g/mol. The van der Waals surface area contributed by atoms with Crippen molar-refractivity contribution in [1.82, 2.24) is 4.98 Å². The molecule has 3 N–H and O–H groups in total. The molecule has 0 radical (unpaired) electrons. The van der Waals surface area contributed by atoms with Crippen LogP contribution in [0.3, 0.4) is 0 Å². The monoisotopic (exact) mass is 252 g/mol. The Labute approximate surface area is 101 Å². The maximum Gasteiger partial charge on any atom is 0.500 e. The zero-order chi connectivity index (χ0) is 12.4. The first kappa shape index (κ1) is 11.8. The minimum atomic E-state index is -1.58. The van der Waals surface area contributed by atoms with Crippen LogP contribution in [0.1, 0.15) is 16.3 Å². The van der Waals surface area contributed by atoms with Crippen molar-refractivity contribution in [3.05, 3.63) is 29.9 Å². The van der Waals surface area contributed by atoms with E-state index in [-0.39, 0.29) is 15.7 Å². The number of nitrogens with one attached hydrogen (secondary N) is 1. The van der Waals surface area contributed by atoms with Gasteiger partial charge in [0.2, 0.25) is 0 Å². The highest BCUT2D eigenvalue weighted by Gasteiger charge is 2.17. The molecule has 17 heavy (non-hydrogen) atoms. The lowest BCUT2D eigenvalue weighted by atomic mass is 9.91. The van der Waals surface area contributed by atoms with Gasteiger partial charge in [-0.3, -0.25) is 10.1 Å².